The van der Waals surface area contributed by atoms with Crippen molar-refractivity contribution < 1.29 is 0 Å². The quantitative estimate of drug-likeness (QED) is 0.851. The first kappa shape index (κ1) is 10.4. The third-order valence-corrected chi connectivity index (χ3v) is 3.52. The van der Waals surface area contributed by atoms with E-state index >= 15 is 0 Å². The molecule has 0 spiro atoms. The van der Waals surface area contributed by atoms with Crippen LogP contribution >= 0.6 is 11.3 Å². The third kappa shape index (κ3) is 1.96. The fourth-order valence-electron chi connectivity index (χ4n) is 1.60. The molecule has 0 amide bonds. The van der Waals surface area contributed by atoms with Gasteiger partial charge in [-0.05, 0) is 37.7 Å². The number of rotatable bonds is 3. The molecule has 1 aromatic carbocycles. The average molecular weight is 222 g/mol. The number of likely N-dealkylation sites (N-methyl/N-ethyl adjacent to an activating group) is 1. The minimum Gasteiger partial charge on any atom is -0.319 e. The lowest BCUT2D eigenvalue weighted by molar-refractivity contribution is 0.792. The van der Waals surface area contributed by atoms with Crippen molar-refractivity contribution in [2.75, 3.05) is 13.6 Å². The molecule has 80 valence electrons. The van der Waals surface area contributed by atoms with Crippen molar-refractivity contribution in [3.05, 3.63) is 33.4 Å². The van der Waals surface area contributed by atoms with Crippen molar-refractivity contribution in [3.63, 3.8) is 0 Å². The van der Waals surface area contributed by atoms with Crippen molar-refractivity contribution in [3.8, 4) is 0 Å². The van der Waals surface area contributed by atoms with Gasteiger partial charge >= 0.3 is 4.87 Å². The van der Waals surface area contributed by atoms with Crippen LogP contribution in [0.2, 0.25) is 0 Å². The number of thiazole rings is 1. The highest BCUT2D eigenvalue weighted by Crippen LogP contribution is 2.18. The summed E-state index contributed by atoms with van der Waals surface area (Å²) < 4.78 is 2.78. The van der Waals surface area contributed by atoms with E-state index in [0.29, 0.717) is 0 Å². The highest BCUT2D eigenvalue weighted by Gasteiger charge is 2.04. The number of nitrogens with zero attached hydrogens (tertiary/aromatic N) is 1. The Hall–Kier alpha value is -1.13. The van der Waals surface area contributed by atoms with Gasteiger partial charge in [-0.2, -0.15) is 0 Å². The van der Waals surface area contributed by atoms with Crippen molar-refractivity contribution in [1.29, 1.82) is 0 Å². The summed E-state index contributed by atoms with van der Waals surface area (Å²) in [5, 5.41) is 3.12. The summed E-state index contributed by atoms with van der Waals surface area (Å²) in [5.41, 5.74) is 2.30. The van der Waals surface area contributed by atoms with Crippen LogP contribution in [0.15, 0.2) is 23.0 Å². The van der Waals surface area contributed by atoms with Crippen molar-refractivity contribution >= 4 is 21.6 Å². The maximum Gasteiger partial charge on any atom is 0.307 e. The highest BCUT2D eigenvalue weighted by atomic mass is 32.1. The van der Waals surface area contributed by atoms with Gasteiger partial charge < -0.3 is 9.88 Å². The fraction of sp³-hybridized carbons (Fsp3) is 0.364. The van der Waals surface area contributed by atoms with Crippen molar-refractivity contribution in [1.82, 2.24) is 9.88 Å². The summed E-state index contributed by atoms with van der Waals surface area (Å²) in [6, 6.07) is 6.22. The number of nitrogens with one attached hydrogen (secondary N) is 1. The fourth-order valence-corrected chi connectivity index (χ4v) is 2.55. The van der Waals surface area contributed by atoms with E-state index < -0.39 is 0 Å². The molecule has 0 bridgehead atoms. The van der Waals surface area contributed by atoms with E-state index in [0.717, 1.165) is 23.2 Å². The van der Waals surface area contributed by atoms with Gasteiger partial charge in [0.1, 0.15) is 0 Å². The van der Waals surface area contributed by atoms with Crippen LogP contribution in [0.25, 0.3) is 10.2 Å². The van der Waals surface area contributed by atoms with Gasteiger partial charge in [0.15, 0.2) is 0 Å². The lowest BCUT2D eigenvalue weighted by atomic mass is 10.1. The average Bonchev–Trinajstić information content (AvgIpc) is 2.52. The number of hydrogen-bond acceptors (Lipinski definition) is 3. The van der Waals surface area contributed by atoms with Crippen LogP contribution in [0.4, 0.5) is 0 Å². The molecule has 1 heterocycles. The predicted molar refractivity (Wildman–Crippen MR) is 64.7 cm³/mol. The van der Waals surface area contributed by atoms with Crippen LogP contribution in [-0.4, -0.2) is 18.2 Å². The first-order chi connectivity index (χ1) is 7.22. The van der Waals surface area contributed by atoms with Gasteiger partial charge in [-0.25, -0.2) is 0 Å². The first-order valence-corrected chi connectivity index (χ1v) is 5.77. The molecule has 0 aliphatic rings. The summed E-state index contributed by atoms with van der Waals surface area (Å²) in [5.74, 6) is 0. The van der Waals surface area contributed by atoms with E-state index in [-0.39, 0.29) is 4.87 Å². The lowest BCUT2D eigenvalue weighted by Crippen LogP contribution is -2.10. The summed E-state index contributed by atoms with van der Waals surface area (Å²) in [4.78, 5) is 11.5. The number of benzene rings is 1. The zero-order chi connectivity index (χ0) is 10.8. The first-order valence-electron chi connectivity index (χ1n) is 4.95. The number of aromatic nitrogens is 1. The number of hydrogen-bond donors (Lipinski definition) is 1. The van der Waals surface area contributed by atoms with Crippen molar-refractivity contribution in [2.24, 2.45) is 7.05 Å². The van der Waals surface area contributed by atoms with Crippen LogP contribution in [0.3, 0.4) is 0 Å². The molecule has 0 aliphatic carbocycles. The Kier molecular flexibility index (Phi) is 2.88. The number of aryl methyl sites for hydroxylation is 1. The largest absolute Gasteiger partial charge is 0.319 e. The molecule has 15 heavy (non-hydrogen) atoms. The smallest absolute Gasteiger partial charge is 0.307 e. The maximum absolute atomic E-state index is 11.4. The Labute approximate surface area is 92.4 Å². The second kappa shape index (κ2) is 4.16. The molecule has 0 saturated carbocycles. The van der Waals surface area contributed by atoms with Gasteiger partial charge in [0, 0.05) is 7.05 Å². The zero-order valence-corrected chi connectivity index (χ0v) is 9.73. The molecule has 3 nitrogen and oxygen atoms in total. The molecule has 0 saturated heterocycles. The lowest BCUT2D eigenvalue weighted by Gasteiger charge is -2.01. The molecule has 0 unspecified atom stereocenters. The number of fused-ring (bicyclic) bond motifs is 1. The molecular weight excluding hydrogens is 208 g/mol. The van der Waals surface area contributed by atoms with Gasteiger partial charge in [-0.15, -0.1) is 0 Å². The predicted octanol–water partition coefficient (Wildman–Crippen LogP) is 1.36. The van der Waals surface area contributed by atoms with Gasteiger partial charge in [-0.3, -0.25) is 4.79 Å². The highest BCUT2D eigenvalue weighted by molar-refractivity contribution is 7.16. The van der Waals surface area contributed by atoms with Crippen LogP contribution in [0.1, 0.15) is 5.56 Å². The zero-order valence-electron chi connectivity index (χ0n) is 8.91. The van der Waals surface area contributed by atoms with Crippen LogP contribution in [-0.2, 0) is 13.5 Å². The van der Waals surface area contributed by atoms with Gasteiger partial charge in [-0.1, -0.05) is 17.4 Å². The van der Waals surface area contributed by atoms with Gasteiger partial charge in [0.25, 0.3) is 0 Å². The van der Waals surface area contributed by atoms with Crippen molar-refractivity contribution in [2.45, 2.75) is 6.42 Å². The SMILES string of the molecule is CNCCc1ccc2c(c1)sc(=O)n2C. The Morgan fingerprint density at radius 1 is 1.47 bits per heavy atom. The van der Waals surface area contributed by atoms with E-state index in [1.165, 1.54) is 16.9 Å². The Morgan fingerprint density at radius 2 is 2.27 bits per heavy atom. The minimum absolute atomic E-state index is 0.107. The third-order valence-electron chi connectivity index (χ3n) is 2.52. The molecule has 0 atom stereocenters. The van der Waals surface area contributed by atoms with E-state index in [1.807, 2.05) is 20.2 Å². The summed E-state index contributed by atoms with van der Waals surface area (Å²) in [7, 11) is 3.76. The molecule has 2 rings (SSSR count). The summed E-state index contributed by atoms with van der Waals surface area (Å²) in [6.07, 6.45) is 1.00. The Bertz CT molecular complexity index is 527. The van der Waals surface area contributed by atoms with Crippen LogP contribution in [0.5, 0.6) is 0 Å². The molecule has 0 fully saturated rings. The molecular formula is C11H14N2OS. The topological polar surface area (TPSA) is 34.0 Å². The molecule has 1 aromatic heterocycles. The van der Waals surface area contributed by atoms with E-state index in [2.05, 4.69) is 17.4 Å². The second-order valence-electron chi connectivity index (χ2n) is 3.58. The van der Waals surface area contributed by atoms with Crippen LogP contribution < -0.4 is 10.2 Å². The summed E-state index contributed by atoms with van der Waals surface area (Å²) >= 11 is 1.31. The van der Waals surface area contributed by atoms with E-state index in [1.54, 1.807) is 4.57 Å². The molecule has 0 radical (unpaired) electrons. The minimum atomic E-state index is 0.107. The normalized spacial score (nSPS) is 11.1. The monoisotopic (exact) mass is 222 g/mol. The molecule has 2 aromatic rings. The standard InChI is InChI=1S/C11H14N2OS/c1-12-6-5-8-3-4-9-10(7-8)15-11(14)13(9)2/h3-4,7,12H,5-6H2,1-2H3. The van der Waals surface area contributed by atoms with Gasteiger partial charge in [0.05, 0.1) is 10.2 Å². The summed E-state index contributed by atoms with van der Waals surface area (Å²) in [6.45, 7) is 0.966. The second-order valence-corrected chi connectivity index (χ2v) is 4.58. The van der Waals surface area contributed by atoms with E-state index in [4.69, 9.17) is 0 Å². The van der Waals surface area contributed by atoms with E-state index in [9.17, 15) is 4.79 Å². The van der Waals surface area contributed by atoms with Gasteiger partial charge in [0.2, 0.25) is 0 Å². The molecule has 4 heteroatoms. The Balaban J connectivity index is 2.43. The van der Waals surface area contributed by atoms with Crippen LogP contribution in [0, 0.1) is 0 Å². The molecule has 0 aliphatic heterocycles. The maximum atomic E-state index is 11.4. The molecule has 1 N–H and O–H groups in total. The Morgan fingerprint density at radius 3 is 3.00 bits per heavy atom.